The second-order valence-electron chi connectivity index (χ2n) is 4.83. The molecule has 6 heteroatoms. The SMILES string of the molecule is O=C1NC(=Nc2ccccc2C(=O)O)N/C1=C\c1ccccc1. The summed E-state index contributed by atoms with van der Waals surface area (Å²) in [5, 5.41) is 14.6. The number of aromatic carboxylic acids is 1. The number of hydrogen-bond donors (Lipinski definition) is 3. The minimum absolute atomic E-state index is 0.0662. The average molecular weight is 307 g/mol. The fraction of sp³-hybridized carbons (Fsp3) is 0. The molecule has 1 amide bonds. The number of para-hydroxylation sites is 1. The first-order valence-electron chi connectivity index (χ1n) is 6.89. The number of carbonyl (C=O) groups is 2. The van der Waals surface area contributed by atoms with Crippen LogP contribution in [0.15, 0.2) is 65.3 Å². The number of aliphatic imine (C=N–C) groups is 1. The molecule has 114 valence electrons. The Labute approximate surface area is 132 Å². The smallest absolute Gasteiger partial charge is 0.337 e. The Morgan fingerprint density at radius 1 is 1.00 bits per heavy atom. The first-order valence-corrected chi connectivity index (χ1v) is 6.89. The van der Waals surface area contributed by atoms with E-state index in [4.69, 9.17) is 5.11 Å². The molecule has 2 aromatic carbocycles. The van der Waals surface area contributed by atoms with E-state index in [0.29, 0.717) is 5.70 Å². The van der Waals surface area contributed by atoms with Crippen molar-refractivity contribution in [3.63, 3.8) is 0 Å². The molecule has 1 aliphatic rings. The van der Waals surface area contributed by atoms with Crippen molar-refractivity contribution in [3.8, 4) is 0 Å². The Morgan fingerprint density at radius 2 is 1.70 bits per heavy atom. The highest BCUT2D eigenvalue weighted by Crippen LogP contribution is 2.19. The first kappa shape index (κ1) is 14.5. The van der Waals surface area contributed by atoms with Crippen LogP contribution in [0.3, 0.4) is 0 Å². The van der Waals surface area contributed by atoms with Crippen molar-refractivity contribution in [2.24, 2.45) is 4.99 Å². The topological polar surface area (TPSA) is 90.8 Å². The summed E-state index contributed by atoms with van der Waals surface area (Å²) in [4.78, 5) is 27.3. The lowest BCUT2D eigenvalue weighted by atomic mass is 10.2. The lowest BCUT2D eigenvalue weighted by molar-refractivity contribution is -0.115. The van der Waals surface area contributed by atoms with Crippen molar-refractivity contribution in [1.82, 2.24) is 10.6 Å². The largest absolute Gasteiger partial charge is 0.478 e. The Morgan fingerprint density at radius 3 is 2.43 bits per heavy atom. The minimum atomic E-state index is -1.07. The van der Waals surface area contributed by atoms with Crippen LogP contribution >= 0.6 is 0 Å². The molecule has 0 atom stereocenters. The quantitative estimate of drug-likeness (QED) is 0.758. The van der Waals surface area contributed by atoms with E-state index in [1.807, 2.05) is 30.3 Å². The lowest BCUT2D eigenvalue weighted by Crippen LogP contribution is -2.24. The summed E-state index contributed by atoms with van der Waals surface area (Å²) in [5.74, 6) is -1.19. The van der Waals surface area contributed by atoms with E-state index < -0.39 is 5.97 Å². The summed E-state index contributed by atoms with van der Waals surface area (Å²) in [7, 11) is 0. The standard InChI is InChI=1S/C17H13N3O3/c21-15-14(10-11-6-2-1-3-7-11)19-17(20-15)18-13-9-5-4-8-12(13)16(22)23/h1-10H,(H,22,23)(H2,18,19,20,21)/b14-10-. The second-order valence-corrected chi connectivity index (χ2v) is 4.83. The minimum Gasteiger partial charge on any atom is -0.478 e. The van der Waals surface area contributed by atoms with Crippen LogP contribution in [0.25, 0.3) is 6.08 Å². The summed E-state index contributed by atoms with van der Waals surface area (Å²) >= 11 is 0. The predicted molar refractivity (Wildman–Crippen MR) is 86.2 cm³/mol. The van der Waals surface area contributed by atoms with Crippen LogP contribution in [0.1, 0.15) is 15.9 Å². The molecule has 0 spiro atoms. The van der Waals surface area contributed by atoms with Gasteiger partial charge in [0.2, 0.25) is 5.96 Å². The number of amides is 1. The maximum Gasteiger partial charge on any atom is 0.337 e. The van der Waals surface area contributed by atoms with Crippen molar-refractivity contribution in [2.75, 3.05) is 0 Å². The van der Waals surface area contributed by atoms with Gasteiger partial charge in [0, 0.05) is 0 Å². The molecule has 0 aromatic heterocycles. The molecule has 0 saturated carbocycles. The maximum atomic E-state index is 12.0. The van der Waals surface area contributed by atoms with Crippen molar-refractivity contribution >= 4 is 29.6 Å². The molecular weight excluding hydrogens is 294 g/mol. The Balaban J connectivity index is 1.88. The third kappa shape index (κ3) is 3.26. The molecule has 0 radical (unpaired) electrons. The van der Waals surface area contributed by atoms with Gasteiger partial charge in [-0.2, -0.15) is 0 Å². The van der Waals surface area contributed by atoms with Crippen molar-refractivity contribution in [1.29, 1.82) is 0 Å². The van der Waals surface area contributed by atoms with Crippen molar-refractivity contribution < 1.29 is 14.7 Å². The number of nitrogens with zero attached hydrogens (tertiary/aromatic N) is 1. The van der Waals surface area contributed by atoms with Gasteiger partial charge in [0.1, 0.15) is 5.70 Å². The summed E-state index contributed by atoms with van der Waals surface area (Å²) in [6.45, 7) is 0. The third-order valence-electron chi connectivity index (χ3n) is 3.21. The molecule has 0 aliphatic carbocycles. The zero-order valence-corrected chi connectivity index (χ0v) is 12.0. The van der Waals surface area contributed by atoms with Crippen LogP contribution < -0.4 is 10.6 Å². The number of guanidine groups is 1. The average Bonchev–Trinajstić information content (AvgIpc) is 2.88. The van der Waals surface area contributed by atoms with Gasteiger partial charge >= 0.3 is 5.97 Å². The van der Waals surface area contributed by atoms with Gasteiger partial charge in [-0.15, -0.1) is 0 Å². The predicted octanol–water partition coefficient (Wildman–Crippen LogP) is 2.13. The van der Waals surface area contributed by atoms with E-state index in [1.54, 1.807) is 24.3 Å². The van der Waals surface area contributed by atoms with Gasteiger partial charge in [-0.1, -0.05) is 42.5 Å². The monoisotopic (exact) mass is 307 g/mol. The molecule has 2 aromatic rings. The molecule has 0 unspecified atom stereocenters. The molecule has 3 rings (SSSR count). The summed E-state index contributed by atoms with van der Waals surface area (Å²) in [5.41, 5.74) is 1.56. The number of rotatable bonds is 3. The number of carboxylic acid groups (broad SMARTS) is 1. The Hall–Kier alpha value is -3.41. The van der Waals surface area contributed by atoms with Gasteiger partial charge in [-0.05, 0) is 23.8 Å². The van der Waals surface area contributed by atoms with E-state index in [9.17, 15) is 9.59 Å². The molecule has 6 nitrogen and oxygen atoms in total. The van der Waals surface area contributed by atoms with Crippen LogP contribution in [-0.4, -0.2) is 22.9 Å². The van der Waals surface area contributed by atoms with E-state index >= 15 is 0 Å². The van der Waals surface area contributed by atoms with Crippen LogP contribution in [0.2, 0.25) is 0 Å². The van der Waals surface area contributed by atoms with Gasteiger partial charge in [0.15, 0.2) is 0 Å². The number of benzene rings is 2. The molecule has 23 heavy (non-hydrogen) atoms. The van der Waals surface area contributed by atoms with Crippen LogP contribution in [-0.2, 0) is 4.79 Å². The number of nitrogens with one attached hydrogen (secondary N) is 2. The van der Waals surface area contributed by atoms with Crippen molar-refractivity contribution in [3.05, 3.63) is 71.4 Å². The van der Waals surface area contributed by atoms with Gasteiger partial charge in [0.05, 0.1) is 11.3 Å². The first-order chi connectivity index (χ1) is 11.1. The number of hydrogen-bond acceptors (Lipinski definition) is 3. The molecule has 1 heterocycles. The molecule has 0 bridgehead atoms. The van der Waals surface area contributed by atoms with Gasteiger partial charge < -0.3 is 10.4 Å². The summed E-state index contributed by atoms with van der Waals surface area (Å²) < 4.78 is 0. The van der Waals surface area contributed by atoms with E-state index in [1.165, 1.54) is 6.07 Å². The second kappa shape index (κ2) is 6.15. The van der Waals surface area contributed by atoms with Gasteiger partial charge in [-0.25, -0.2) is 9.79 Å². The highest BCUT2D eigenvalue weighted by atomic mass is 16.4. The zero-order valence-electron chi connectivity index (χ0n) is 12.0. The highest BCUT2D eigenvalue weighted by molar-refractivity contribution is 6.16. The molecule has 1 fully saturated rings. The van der Waals surface area contributed by atoms with Crippen LogP contribution in [0.4, 0.5) is 5.69 Å². The number of carbonyl (C=O) groups excluding carboxylic acids is 1. The molecular formula is C17H13N3O3. The molecule has 1 saturated heterocycles. The van der Waals surface area contributed by atoms with Gasteiger partial charge in [0.25, 0.3) is 5.91 Å². The van der Waals surface area contributed by atoms with Crippen LogP contribution in [0.5, 0.6) is 0 Å². The van der Waals surface area contributed by atoms with Crippen molar-refractivity contribution in [2.45, 2.75) is 0 Å². The normalized spacial score (nSPS) is 17.1. The van der Waals surface area contributed by atoms with E-state index in [2.05, 4.69) is 15.6 Å². The highest BCUT2D eigenvalue weighted by Gasteiger charge is 2.22. The lowest BCUT2D eigenvalue weighted by Gasteiger charge is -2.02. The number of carboxylic acids is 1. The fourth-order valence-electron chi connectivity index (χ4n) is 2.14. The van der Waals surface area contributed by atoms with E-state index in [0.717, 1.165) is 5.56 Å². The Kier molecular flexibility index (Phi) is 3.88. The van der Waals surface area contributed by atoms with Crippen LogP contribution in [0, 0.1) is 0 Å². The van der Waals surface area contributed by atoms with Gasteiger partial charge in [-0.3, -0.25) is 10.1 Å². The molecule has 1 aliphatic heterocycles. The summed E-state index contributed by atoms with van der Waals surface area (Å²) in [6.07, 6.45) is 1.70. The fourth-order valence-corrected chi connectivity index (χ4v) is 2.14. The van der Waals surface area contributed by atoms with E-state index in [-0.39, 0.29) is 23.1 Å². The summed E-state index contributed by atoms with van der Waals surface area (Å²) in [6, 6.07) is 15.7. The Bertz CT molecular complexity index is 826. The zero-order chi connectivity index (χ0) is 16.2. The maximum absolute atomic E-state index is 12.0. The molecule has 3 N–H and O–H groups in total. The third-order valence-corrected chi connectivity index (χ3v) is 3.21.